The van der Waals surface area contributed by atoms with Crippen molar-refractivity contribution in [1.29, 1.82) is 0 Å². The van der Waals surface area contributed by atoms with Crippen molar-refractivity contribution in [3.63, 3.8) is 0 Å². The standard InChI is InChI=1S/C29H38N4O5S/c1-32(2)27(21-10-14-24(37-5)15-11-21)19-30-29(34)23-8-7-9-26(18-23)39(35,36)31-20-28(33(3)4)22-12-16-25(38-6)17-13-22/h7-18,27-28,31H,19-20H2,1-6H3,(H,30,34). The van der Waals surface area contributed by atoms with Crippen LogP contribution >= 0.6 is 0 Å². The number of nitrogens with zero attached hydrogens (tertiary/aromatic N) is 2. The first-order valence-corrected chi connectivity index (χ1v) is 14.0. The maximum Gasteiger partial charge on any atom is 0.251 e. The first-order chi connectivity index (χ1) is 18.6. The van der Waals surface area contributed by atoms with Crippen LogP contribution < -0.4 is 19.5 Å². The Bertz CT molecular complexity index is 1330. The molecule has 0 radical (unpaired) electrons. The van der Waals surface area contributed by atoms with Gasteiger partial charge in [-0.3, -0.25) is 4.79 Å². The summed E-state index contributed by atoms with van der Waals surface area (Å²) < 4.78 is 39.5. The predicted octanol–water partition coefficient (Wildman–Crippen LogP) is 3.32. The van der Waals surface area contributed by atoms with Crippen molar-refractivity contribution in [3.8, 4) is 11.5 Å². The molecule has 0 fully saturated rings. The normalized spacial score (nSPS) is 13.2. The summed E-state index contributed by atoms with van der Waals surface area (Å²) in [6.45, 7) is 0.504. The van der Waals surface area contributed by atoms with E-state index in [-0.39, 0.29) is 35.0 Å². The van der Waals surface area contributed by atoms with Gasteiger partial charge in [0.2, 0.25) is 10.0 Å². The molecular weight excluding hydrogens is 516 g/mol. The summed E-state index contributed by atoms with van der Waals surface area (Å²) in [5.74, 6) is 1.14. The predicted molar refractivity (Wildman–Crippen MR) is 153 cm³/mol. The van der Waals surface area contributed by atoms with Gasteiger partial charge in [-0.25, -0.2) is 13.1 Å². The van der Waals surface area contributed by atoms with E-state index in [1.807, 2.05) is 86.5 Å². The molecule has 0 bridgehead atoms. The Labute approximate surface area is 231 Å². The maximum absolute atomic E-state index is 13.2. The third-order valence-electron chi connectivity index (χ3n) is 6.58. The molecule has 9 nitrogen and oxygen atoms in total. The molecule has 1 amide bonds. The van der Waals surface area contributed by atoms with E-state index in [9.17, 15) is 13.2 Å². The van der Waals surface area contributed by atoms with E-state index in [2.05, 4.69) is 10.0 Å². The van der Waals surface area contributed by atoms with Gasteiger partial charge in [0, 0.05) is 24.7 Å². The van der Waals surface area contributed by atoms with Gasteiger partial charge in [0.1, 0.15) is 11.5 Å². The molecule has 10 heteroatoms. The average molecular weight is 555 g/mol. The molecular formula is C29H38N4O5S. The lowest BCUT2D eigenvalue weighted by Crippen LogP contribution is -2.35. The van der Waals surface area contributed by atoms with Crippen molar-refractivity contribution in [1.82, 2.24) is 19.8 Å². The number of hydrogen-bond donors (Lipinski definition) is 2. The number of carbonyl (C=O) groups is 1. The van der Waals surface area contributed by atoms with Crippen LogP contribution in [0, 0.1) is 0 Å². The number of methoxy groups -OCH3 is 2. The van der Waals surface area contributed by atoms with Gasteiger partial charge in [-0.1, -0.05) is 30.3 Å². The van der Waals surface area contributed by atoms with Crippen LogP contribution in [-0.2, 0) is 10.0 Å². The van der Waals surface area contributed by atoms with E-state index >= 15 is 0 Å². The molecule has 3 aromatic carbocycles. The van der Waals surface area contributed by atoms with Crippen molar-refractivity contribution in [2.24, 2.45) is 0 Å². The number of amides is 1. The highest BCUT2D eigenvalue weighted by Crippen LogP contribution is 2.23. The molecule has 39 heavy (non-hydrogen) atoms. The van der Waals surface area contributed by atoms with Gasteiger partial charge in [-0.2, -0.15) is 0 Å². The molecule has 2 unspecified atom stereocenters. The van der Waals surface area contributed by atoms with Crippen molar-refractivity contribution < 1.29 is 22.7 Å². The molecule has 0 saturated carbocycles. The van der Waals surface area contributed by atoms with Crippen molar-refractivity contribution in [3.05, 3.63) is 89.5 Å². The minimum absolute atomic E-state index is 0.0294. The van der Waals surface area contributed by atoms with Crippen LogP contribution in [0.15, 0.2) is 77.7 Å². The first-order valence-electron chi connectivity index (χ1n) is 12.5. The molecule has 210 valence electrons. The number of hydrogen-bond acceptors (Lipinski definition) is 7. The SMILES string of the molecule is COc1ccc(C(CNC(=O)c2cccc(S(=O)(=O)NCC(c3ccc(OC)cc3)N(C)C)c2)N(C)C)cc1. The summed E-state index contributed by atoms with van der Waals surface area (Å²) in [6.07, 6.45) is 0. The lowest BCUT2D eigenvalue weighted by molar-refractivity contribution is 0.0941. The minimum Gasteiger partial charge on any atom is -0.497 e. The van der Waals surface area contributed by atoms with E-state index in [1.165, 1.54) is 12.1 Å². The second-order valence-corrected chi connectivity index (χ2v) is 11.4. The summed E-state index contributed by atoms with van der Waals surface area (Å²) in [5, 5.41) is 2.94. The van der Waals surface area contributed by atoms with Gasteiger partial charge < -0.3 is 24.6 Å². The number of rotatable bonds is 13. The van der Waals surface area contributed by atoms with Crippen LogP contribution in [0.1, 0.15) is 33.6 Å². The first kappa shape index (κ1) is 30.1. The van der Waals surface area contributed by atoms with Crippen LogP contribution in [0.3, 0.4) is 0 Å². The Balaban J connectivity index is 1.69. The molecule has 3 aromatic rings. The lowest BCUT2D eigenvalue weighted by Gasteiger charge is -2.25. The Hall–Kier alpha value is -3.44. The second-order valence-electron chi connectivity index (χ2n) is 9.59. The van der Waals surface area contributed by atoms with Crippen LogP contribution in [-0.4, -0.2) is 79.6 Å². The summed E-state index contributed by atoms with van der Waals surface area (Å²) in [6, 6.07) is 21.0. The minimum atomic E-state index is -3.86. The van der Waals surface area contributed by atoms with Gasteiger partial charge in [0.05, 0.1) is 25.2 Å². The highest BCUT2D eigenvalue weighted by atomic mass is 32.2. The van der Waals surface area contributed by atoms with Crippen LogP contribution in [0.25, 0.3) is 0 Å². The Morgan fingerprint density at radius 1 is 0.769 bits per heavy atom. The number of likely N-dealkylation sites (N-methyl/N-ethyl adjacent to an activating group) is 2. The molecule has 0 aliphatic carbocycles. The summed E-state index contributed by atoms with van der Waals surface area (Å²) >= 11 is 0. The van der Waals surface area contributed by atoms with Crippen LogP contribution in [0.2, 0.25) is 0 Å². The number of benzene rings is 3. The maximum atomic E-state index is 13.2. The average Bonchev–Trinajstić information content (AvgIpc) is 2.93. The van der Waals surface area contributed by atoms with Crippen molar-refractivity contribution >= 4 is 15.9 Å². The van der Waals surface area contributed by atoms with Crippen LogP contribution in [0.4, 0.5) is 0 Å². The summed E-state index contributed by atoms with van der Waals surface area (Å²) in [7, 11) is 7.01. The van der Waals surface area contributed by atoms with E-state index in [4.69, 9.17) is 9.47 Å². The van der Waals surface area contributed by atoms with E-state index in [0.717, 1.165) is 22.6 Å². The van der Waals surface area contributed by atoms with E-state index in [1.54, 1.807) is 26.4 Å². The van der Waals surface area contributed by atoms with Gasteiger partial charge in [0.25, 0.3) is 5.91 Å². The number of ether oxygens (including phenoxy) is 2. The monoisotopic (exact) mass is 554 g/mol. The molecule has 3 rings (SSSR count). The molecule has 0 aliphatic rings. The third-order valence-corrected chi connectivity index (χ3v) is 8.00. The highest BCUT2D eigenvalue weighted by Gasteiger charge is 2.22. The lowest BCUT2D eigenvalue weighted by atomic mass is 10.1. The highest BCUT2D eigenvalue weighted by molar-refractivity contribution is 7.89. The fraction of sp³-hybridized carbons (Fsp3) is 0.345. The zero-order valence-electron chi connectivity index (χ0n) is 23.3. The van der Waals surface area contributed by atoms with Crippen molar-refractivity contribution in [2.75, 3.05) is 55.5 Å². The molecule has 2 atom stereocenters. The van der Waals surface area contributed by atoms with E-state index < -0.39 is 10.0 Å². The fourth-order valence-electron chi connectivity index (χ4n) is 4.22. The second kappa shape index (κ2) is 13.6. The fourth-order valence-corrected chi connectivity index (χ4v) is 5.30. The molecule has 0 aliphatic heterocycles. The zero-order chi connectivity index (χ0) is 28.6. The van der Waals surface area contributed by atoms with Gasteiger partial charge >= 0.3 is 0 Å². The number of carbonyl (C=O) groups excluding carboxylic acids is 1. The molecule has 0 aromatic heterocycles. The van der Waals surface area contributed by atoms with Crippen LogP contribution in [0.5, 0.6) is 11.5 Å². The molecule has 0 heterocycles. The number of nitrogens with one attached hydrogen (secondary N) is 2. The Kier molecular flexibility index (Phi) is 10.5. The van der Waals surface area contributed by atoms with Crippen molar-refractivity contribution in [2.45, 2.75) is 17.0 Å². The topological polar surface area (TPSA) is 100 Å². The Morgan fingerprint density at radius 2 is 1.26 bits per heavy atom. The Morgan fingerprint density at radius 3 is 1.72 bits per heavy atom. The third kappa shape index (κ3) is 8.03. The van der Waals surface area contributed by atoms with E-state index in [0.29, 0.717) is 6.54 Å². The molecule has 0 saturated heterocycles. The molecule has 0 spiro atoms. The number of sulfonamides is 1. The smallest absolute Gasteiger partial charge is 0.251 e. The van der Waals surface area contributed by atoms with Gasteiger partial charge in [-0.05, 0) is 81.8 Å². The molecule has 2 N–H and O–H groups in total. The summed E-state index contributed by atoms with van der Waals surface area (Å²) in [5.41, 5.74) is 2.24. The van der Waals surface area contributed by atoms with Gasteiger partial charge in [-0.15, -0.1) is 0 Å². The zero-order valence-corrected chi connectivity index (χ0v) is 24.2. The quantitative estimate of drug-likeness (QED) is 0.334. The summed E-state index contributed by atoms with van der Waals surface area (Å²) in [4.78, 5) is 17.0. The van der Waals surface area contributed by atoms with Gasteiger partial charge in [0.15, 0.2) is 0 Å². The largest absolute Gasteiger partial charge is 0.497 e.